The van der Waals surface area contributed by atoms with Crippen molar-refractivity contribution in [2.45, 2.75) is 0 Å². The smallest absolute Gasteiger partial charge is 0.313 e. The Morgan fingerprint density at radius 3 is 2.46 bits per heavy atom. The summed E-state index contributed by atoms with van der Waals surface area (Å²) in [6.07, 6.45) is 1.17. The maximum absolute atomic E-state index is 10.8. The van der Waals surface area contributed by atoms with E-state index in [-0.39, 0.29) is 11.2 Å². The number of fused-ring (bicyclic) bond motifs is 1. The van der Waals surface area contributed by atoms with Crippen LogP contribution >= 0.6 is 0 Å². The van der Waals surface area contributed by atoms with E-state index < -0.39 is 16.8 Å². The Hall–Kier alpha value is -2.18. The number of aromatic nitrogens is 4. The number of aromatic amines is 3. The van der Waals surface area contributed by atoms with Crippen LogP contribution in [0.4, 0.5) is 0 Å². The van der Waals surface area contributed by atoms with Gasteiger partial charge in [0.2, 0.25) is 0 Å². The molecule has 13 heavy (non-hydrogen) atoms. The van der Waals surface area contributed by atoms with Crippen molar-refractivity contribution in [2.75, 3.05) is 0 Å². The average molecular weight is 180 g/mol. The molecule has 0 saturated heterocycles. The third kappa shape index (κ3) is 1.15. The SMILES string of the molecule is O=c1ncc2[nH]c(=O)c(=O)[nH]c2[nH]1. The molecule has 0 aliphatic rings. The number of nitrogens with zero attached hydrogens (tertiary/aromatic N) is 1. The Labute approximate surface area is 69.5 Å². The van der Waals surface area contributed by atoms with Gasteiger partial charge in [0.15, 0.2) is 0 Å². The van der Waals surface area contributed by atoms with E-state index in [1.807, 2.05) is 0 Å². The highest BCUT2D eigenvalue weighted by Crippen LogP contribution is 1.92. The lowest BCUT2D eigenvalue weighted by Gasteiger charge is -1.93. The quantitative estimate of drug-likeness (QED) is 0.419. The topological polar surface area (TPSA) is 111 Å². The zero-order chi connectivity index (χ0) is 9.42. The summed E-state index contributed by atoms with van der Waals surface area (Å²) in [5.41, 5.74) is -1.74. The lowest BCUT2D eigenvalue weighted by Crippen LogP contribution is -2.30. The molecule has 7 heteroatoms. The van der Waals surface area contributed by atoms with Gasteiger partial charge >= 0.3 is 16.8 Å². The molecule has 0 atom stereocenters. The highest BCUT2D eigenvalue weighted by atomic mass is 16.2. The van der Waals surface area contributed by atoms with Crippen LogP contribution in [0.1, 0.15) is 0 Å². The molecule has 0 saturated carbocycles. The number of nitrogens with one attached hydrogen (secondary N) is 3. The van der Waals surface area contributed by atoms with Gasteiger partial charge in [-0.3, -0.25) is 14.6 Å². The van der Waals surface area contributed by atoms with Gasteiger partial charge < -0.3 is 9.97 Å². The first kappa shape index (κ1) is 7.47. The molecule has 66 valence electrons. The second kappa shape index (κ2) is 2.41. The van der Waals surface area contributed by atoms with Gasteiger partial charge in [0, 0.05) is 0 Å². The van der Waals surface area contributed by atoms with Gasteiger partial charge in [-0.25, -0.2) is 4.79 Å². The summed E-state index contributed by atoms with van der Waals surface area (Å²) < 4.78 is 0. The summed E-state index contributed by atoms with van der Waals surface area (Å²) in [5, 5.41) is 0. The minimum Gasteiger partial charge on any atom is -0.313 e. The molecule has 7 nitrogen and oxygen atoms in total. The van der Waals surface area contributed by atoms with Crippen molar-refractivity contribution in [2.24, 2.45) is 0 Å². The van der Waals surface area contributed by atoms with Gasteiger partial charge in [0.05, 0.1) is 6.20 Å². The van der Waals surface area contributed by atoms with Crippen LogP contribution in [0.3, 0.4) is 0 Å². The van der Waals surface area contributed by atoms with Crippen LogP contribution in [0.25, 0.3) is 11.2 Å². The molecule has 3 N–H and O–H groups in total. The Balaban J connectivity index is 3.06. The van der Waals surface area contributed by atoms with Crippen molar-refractivity contribution < 1.29 is 0 Å². The molecule has 2 aromatic rings. The molecule has 2 aromatic heterocycles. The molecule has 0 amide bonds. The first-order valence-electron chi connectivity index (χ1n) is 3.38. The fourth-order valence-electron chi connectivity index (χ4n) is 0.937. The highest BCUT2D eigenvalue weighted by Gasteiger charge is 1.98. The van der Waals surface area contributed by atoms with Crippen molar-refractivity contribution in [3.63, 3.8) is 0 Å². The van der Waals surface area contributed by atoms with Crippen molar-refractivity contribution in [3.8, 4) is 0 Å². The van der Waals surface area contributed by atoms with E-state index in [2.05, 4.69) is 19.9 Å². The van der Waals surface area contributed by atoms with Crippen LogP contribution in [0.15, 0.2) is 20.6 Å². The summed E-state index contributed by atoms with van der Waals surface area (Å²) in [6, 6.07) is 0. The zero-order valence-electron chi connectivity index (χ0n) is 6.25. The molecule has 2 rings (SSSR count). The molecule has 0 fully saturated rings. The summed E-state index contributed by atoms with van der Waals surface area (Å²) >= 11 is 0. The Morgan fingerprint density at radius 2 is 1.69 bits per heavy atom. The maximum atomic E-state index is 10.8. The van der Waals surface area contributed by atoms with E-state index in [0.717, 1.165) is 0 Å². The van der Waals surface area contributed by atoms with E-state index in [0.29, 0.717) is 0 Å². The number of H-pyrrole nitrogens is 3. The highest BCUT2D eigenvalue weighted by molar-refractivity contribution is 5.66. The van der Waals surface area contributed by atoms with E-state index in [1.54, 1.807) is 0 Å². The van der Waals surface area contributed by atoms with Gasteiger partial charge in [0.25, 0.3) is 0 Å². The largest absolute Gasteiger partial charge is 0.346 e. The second-order valence-electron chi connectivity index (χ2n) is 2.39. The Bertz CT molecular complexity index is 620. The lowest BCUT2D eigenvalue weighted by molar-refractivity contribution is 1.04. The molecule has 2 heterocycles. The van der Waals surface area contributed by atoms with E-state index in [1.165, 1.54) is 6.20 Å². The number of hydrogen-bond acceptors (Lipinski definition) is 4. The van der Waals surface area contributed by atoms with Crippen LogP contribution in [0.2, 0.25) is 0 Å². The van der Waals surface area contributed by atoms with Gasteiger partial charge in [0.1, 0.15) is 11.2 Å². The maximum Gasteiger partial charge on any atom is 0.346 e. The fraction of sp³-hybridized carbons (Fsp3) is 0. The minimum absolute atomic E-state index is 0.157. The number of rotatable bonds is 0. The van der Waals surface area contributed by atoms with Crippen LogP contribution in [0, 0.1) is 0 Å². The molecule has 0 aromatic carbocycles. The molecule has 0 unspecified atom stereocenters. The van der Waals surface area contributed by atoms with Crippen molar-refractivity contribution in [3.05, 3.63) is 37.4 Å². The van der Waals surface area contributed by atoms with Crippen molar-refractivity contribution in [1.29, 1.82) is 0 Å². The molecular formula is C6H4N4O3. The summed E-state index contributed by atoms with van der Waals surface area (Å²) in [7, 11) is 0. The van der Waals surface area contributed by atoms with Gasteiger partial charge in [-0.1, -0.05) is 0 Å². The van der Waals surface area contributed by atoms with Crippen molar-refractivity contribution >= 4 is 11.2 Å². The van der Waals surface area contributed by atoms with Gasteiger partial charge in [-0.2, -0.15) is 4.98 Å². The van der Waals surface area contributed by atoms with E-state index in [9.17, 15) is 14.4 Å². The Kier molecular flexibility index (Phi) is 1.38. The third-order valence-corrected chi connectivity index (χ3v) is 1.51. The molecule has 0 aliphatic carbocycles. The fourth-order valence-corrected chi connectivity index (χ4v) is 0.937. The summed E-state index contributed by atoms with van der Waals surface area (Å²) in [6.45, 7) is 0. The molecule has 0 bridgehead atoms. The Morgan fingerprint density at radius 1 is 1.00 bits per heavy atom. The molecular weight excluding hydrogens is 176 g/mol. The van der Waals surface area contributed by atoms with E-state index in [4.69, 9.17) is 0 Å². The molecule has 0 spiro atoms. The summed E-state index contributed by atoms with van der Waals surface area (Å²) in [5.74, 6) is 0. The lowest BCUT2D eigenvalue weighted by atomic mass is 10.5. The van der Waals surface area contributed by atoms with Crippen LogP contribution < -0.4 is 16.8 Å². The first-order valence-corrected chi connectivity index (χ1v) is 3.38. The van der Waals surface area contributed by atoms with Crippen LogP contribution in [0.5, 0.6) is 0 Å². The van der Waals surface area contributed by atoms with Crippen LogP contribution in [-0.4, -0.2) is 19.9 Å². The van der Waals surface area contributed by atoms with E-state index >= 15 is 0 Å². The predicted molar refractivity (Wildman–Crippen MR) is 43.6 cm³/mol. The van der Waals surface area contributed by atoms with Crippen molar-refractivity contribution in [1.82, 2.24) is 19.9 Å². The predicted octanol–water partition coefficient (Wildman–Crippen LogP) is -1.70. The monoisotopic (exact) mass is 180 g/mol. The third-order valence-electron chi connectivity index (χ3n) is 1.51. The van der Waals surface area contributed by atoms with Crippen LogP contribution in [-0.2, 0) is 0 Å². The van der Waals surface area contributed by atoms with Gasteiger partial charge in [-0.05, 0) is 0 Å². The normalized spacial score (nSPS) is 10.5. The first-order chi connectivity index (χ1) is 6.16. The zero-order valence-corrected chi connectivity index (χ0v) is 6.25. The average Bonchev–Trinajstić information content (AvgIpc) is 2.08. The standard InChI is InChI=1S/C6H4N4O3/c11-4-5(12)9-3-2(8-4)1-7-6(13)10-3/h1H,(H,8,11)(H2,7,9,10,12,13). The number of hydrogen-bond donors (Lipinski definition) is 3. The minimum atomic E-state index is -0.811. The second-order valence-corrected chi connectivity index (χ2v) is 2.39. The summed E-state index contributed by atoms with van der Waals surface area (Å²) in [4.78, 5) is 42.4. The molecule has 0 aliphatic heterocycles. The van der Waals surface area contributed by atoms with Gasteiger partial charge in [-0.15, -0.1) is 0 Å². The molecule has 0 radical (unpaired) electrons.